The van der Waals surface area contributed by atoms with Crippen molar-refractivity contribution >= 4 is 5.91 Å². The number of likely N-dealkylation sites (N-methyl/N-ethyl adjacent to an activating group) is 1. The van der Waals surface area contributed by atoms with Gasteiger partial charge in [-0.2, -0.15) is 0 Å². The van der Waals surface area contributed by atoms with Crippen LogP contribution >= 0.6 is 0 Å². The summed E-state index contributed by atoms with van der Waals surface area (Å²) < 4.78 is 5.66. The zero-order valence-corrected chi connectivity index (χ0v) is 10.7. The first-order chi connectivity index (χ1) is 8.25. The third-order valence-corrected chi connectivity index (χ3v) is 3.55. The fourth-order valence-electron chi connectivity index (χ4n) is 2.30. The molecule has 1 N–H and O–H groups in total. The smallest absolute Gasteiger partial charge is 0.248 e. The number of carbonyl (C=O) groups is 1. The number of hydrogen-bond acceptors (Lipinski definition) is 4. The Morgan fingerprint density at radius 3 is 2.76 bits per heavy atom. The van der Waals surface area contributed by atoms with Gasteiger partial charge in [0.05, 0.1) is 6.10 Å². The van der Waals surface area contributed by atoms with Crippen molar-refractivity contribution in [1.29, 1.82) is 0 Å². The summed E-state index contributed by atoms with van der Waals surface area (Å²) in [6.45, 7) is 5.81. The van der Waals surface area contributed by atoms with Gasteiger partial charge >= 0.3 is 0 Å². The van der Waals surface area contributed by atoms with Gasteiger partial charge in [-0.1, -0.05) is 0 Å². The lowest BCUT2D eigenvalue weighted by Gasteiger charge is -2.33. The van der Waals surface area contributed by atoms with Gasteiger partial charge in [-0.05, 0) is 26.4 Å². The summed E-state index contributed by atoms with van der Waals surface area (Å²) >= 11 is 0. The molecule has 17 heavy (non-hydrogen) atoms. The van der Waals surface area contributed by atoms with Crippen LogP contribution in [0.5, 0.6) is 0 Å². The van der Waals surface area contributed by atoms with Crippen molar-refractivity contribution in [3.63, 3.8) is 0 Å². The van der Waals surface area contributed by atoms with Crippen LogP contribution in [-0.2, 0) is 9.53 Å². The van der Waals surface area contributed by atoms with Gasteiger partial charge < -0.3 is 19.9 Å². The molecule has 0 bridgehead atoms. The molecule has 2 saturated heterocycles. The number of nitrogens with one attached hydrogen (secondary N) is 1. The molecule has 2 aliphatic rings. The van der Waals surface area contributed by atoms with Crippen LogP contribution in [0.3, 0.4) is 0 Å². The van der Waals surface area contributed by atoms with Crippen LogP contribution in [0.1, 0.15) is 12.8 Å². The highest BCUT2D eigenvalue weighted by atomic mass is 16.5. The highest BCUT2D eigenvalue weighted by Gasteiger charge is 2.21. The quantitative estimate of drug-likeness (QED) is 0.725. The van der Waals surface area contributed by atoms with Crippen molar-refractivity contribution < 1.29 is 9.53 Å². The van der Waals surface area contributed by atoms with Crippen molar-refractivity contribution in [1.82, 2.24) is 15.1 Å². The van der Waals surface area contributed by atoms with E-state index < -0.39 is 0 Å². The normalized spacial score (nSPS) is 27.1. The molecule has 5 heteroatoms. The maximum Gasteiger partial charge on any atom is 0.248 e. The van der Waals surface area contributed by atoms with Gasteiger partial charge in [-0.25, -0.2) is 0 Å². The van der Waals surface area contributed by atoms with Crippen molar-refractivity contribution in [2.24, 2.45) is 0 Å². The molecule has 98 valence electrons. The molecule has 0 radical (unpaired) electrons. The van der Waals surface area contributed by atoms with Crippen LogP contribution in [0.2, 0.25) is 0 Å². The van der Waals surface area contributed by atoms with Gasteiger partial charge in [0.2, 0.25) is 5.91 Å². The first kappa shape index (κ1) is 12.8. The third kappa shape index (κ3) is 3.94. The predicted octanol–water partition coefficient (Wildman–Crippen LogP) is -0.471. The Labute approximate surface area is 103 Å². The van der Waals surface area contributed by atoms with Gasteiger partial charge in [-0.3, -0.25) is 4.79 Å². The first-order valence-corrected chi connectivity index (χ1v) is 6.54. The Morgan fingerprint density at radius 1 is 1.35 bits per heavy atom. The molecule has 1 unspecified atom stereocenters. The van der Waals surface area contributed by atoms with Gasteiger partial charge in [-0.15, -0.1) is 0 Å². The topological polar surface area (TPSA) is 44.8 Å². The molecule has 0 aromatic carbocycles. The zero-order chi connectivity index (χ0) is 12.1. The average Bonchev–Trinajstić information content (AvgIpc) is 2.38. The number of piperidine rings is 1. The van der Waals surface area contributed by atoms with Crippen molar-refractivity contribution in [3.05, 3.63) is 0 Å². The molecule has 0 spiro atoms. The van der Waals surface area contributed by atoms with Crippen molar-refractivity contribution in [3.8, 4) is 0 Å². The molecule has 0 saturated carbocycles. The Morgan fingerprint density at radius 2 is 2.12 bits per heavy atom. The molecule has 2 fully saturated rings. The molecule has 0 aromatic heterocycles. The Bertz CT molecular complexity index is 246. The first-order valence-electron chi connectivity index (χ1n) is 6.54. The second kappa shape index (κ2) is 6.33. The van der Waals surface area contributed by atoms with E-state index in [0.717, 1.165) is 52.1 Å². The summed E-state index contributed by atoms with van der Waals surface area (Å²) in [6.07, 6.45) is 2.44. The van der Waals surface area contributed by atoms with E-state index in [1.807, 2.05) is 4.90 Å². The lowest BCUT2D eigenvalue weighted by Crippen LogP contribution is -2.48. The minimum absolute atomic E-state index is 0.142. The number of carbonyl (C=O) groups excluding carboxylic acids is 1. The molecule has 1 atom stereocenters. The van der Waals surface area contributed by atoms with E-state index in [9.17, 15) is 4.79 Å². The fourth-order valence-corrected chi connectivity index (χ4v) is 2.30. The summed E-state index contributed by atoms with van der Waals surface area (Å²) in [4.78, 5) is 16.1. The molecule has 0 aromatic rings. The molecule has 2 aliphatic heterocycles. The highest BCUT2D eigenvalue weighted by molar-refractivity contribution is 5.77. The number of amides is 1. The van der Waals surface area contributed by atoms with E-state index in [-0.39, 0.29) is 18.6 Å². The van der Waals surface area contributed by atoms with E-state index in [0.29, 0.717) is 0 Å². The van der Waals surface area contributed by atoms with Crippen LogP contribution in [0.4, 0.5) is 0 Å². The molecule has 1 amide bonds. The maximum absolute atomic E-state index is 11.9. The lowest BCUT2D eigenvalue weighted by atomic mass is 10.1. The van der Waals surface area contributed by atoms with Gasteiger partial charge in [0.25, 0.3) is 0 Å². The van der Waals surface area contributed by atoms with Gasteiger partial charge in [0, 0.05) is 32.7 Å². The van der Waals surface area contributed by atoms with Crippen LogP contribution in [-0.4, -0.2) is 74.7 Å². The number of rotatable bonds is 3. The van der Waals surface area contributed by atoms with Crippen molar-refractivity contribution in [2.45, 2.75) is 18.9 Å². The average molecular weight is 241 g/mol. The van der Waals surface area contributed by atoms with E-state index in [1.165, 1.54) is 0 Å². The Kier molecular flexibility index (Phi) is 4.76. The summed E-state index contributed by atoms with van der Waals surface area (Å²) in [5.74, 6) is 0.142. The minimum Gasteiger partial charge on any atom is -0.367 e. The van der Waals surface area contributed by atoms with Crippen LogP contribution in [0.25, 0.3) is 0 Å². The van der Waals surface area contributed by atoms with Crippen molar-refractivity contribution in [2.75, 3.05) is 52.9 Å². The number of piperazine rings is 1. The maximum atomic E-state index is 11.9. The highest BCUT2D eigenvalue weighted by Crippen LogP contribution is 2.07. The summed E-state index contributed by atoms with van der Waals surface area (Å²) in [5, 5.41) is 3.29. The molecule has 0 aliphatic carbocycles. The number of hydrogen-bond donors (Lipinski definition) is 1. The van der Waals surface area contributed by atoms with Crippen LogP contribution in [0, 0.1) is 0 Å². The largest absolute Gasteiger partial charge is 0.367 e. The van der Waals surface area contributed by atoms with Gasteiger partial charge in [0.1, 0.15) is 6.61 Å². The lowest BCUT2D eigenvalue weighted by molar-refractivity contribution is -0.140. The number of nitrogens with zero attached hydrogens (tertiary/aromatic N) is 2. The molecular formula is C12H23N3O2. The SMILES string of the molecule is CN1CCN(C(=O)COC2CCCNC2)CC1. The standard InChI is InChI=1S/C12H23N3O2/c1-14-5-7-15(8-6-14)12(16)10-17-11-3-2-4-13-9-11/h11,13H,2-10H2,1H3. The zero-order valence-electron chi connectivity index (χ0n) is 10.7. The fraction of sp³-hybridized carbons (Fsp3) is 0.917. The van der Waals surface area contributed by atoms with Crippen LogP contribution < -0.4 is 5.32 Å². The number of ether oxygens (including phenoxy) is 1. The van der Waals surface area contributed by atoms with E-state index in [1.54, 1.807) is 0 Å². The molecule has 2 rings (SSSR count). The second-order valence-corrected chi connectivity index (χ2v) is 4.96. The molecule has 2 heterocycles. The summed E-state index contributed by atoms with van der Waals surface area (Å²) in [6, 6.07) is 0. The monoisotopic (exact) mass is 241 g/mol. The van der Waals surface area contributed by atoms with E-state index in [4.69, 9.17) is 4.74 Å². The predicted molar refractivity (Wildman–Crippen MR) is 65.9 cm³/mol. The van der Waals surface area contributed by atoms with Crippen LogP contribution in [0.15, 0.2) is 0 Å². The Hall–Kier alpha value is -0.650. The molecule has 5 nitrogen and oxygen atoms in total. The van der Waals surface area contributed by atoms with E-state index >= 15 is 0 Å². The second-order valence-electron chi connectivity index (χ2n) is 4.96. The summed E-state index contributed by atoms with van der Waals surface area (Å²) in [7, 11) is 2.09. The van der Waals surface area contributed by atoms with Gasteiger partial charge in [0.15, 0.2) is 0 Å². The van der Waals surface area contributed by atoms with E-state index in [2.05, 4.69) is 17.3 Å². The summed E-state index contributed by atoms with van der Waals surface area (Å²) in [5.41, 5.74) is 0. The third-order valence-electron chi connectivity index (χ3n) is 3.55. The Balaban J connectivity index is 1.66. The minimum atomic E-state index is 0.142. The molecular weight excluding hydrogens is 218 g/mol.